The van der Waals surface area contributed by atoms with Gasteiger partial charge in [0.1, 0.15) is 6.61 Å². The van der Waals surface area contributed by atoms with Crippen molar-refractivity contribution in [2.24, 2.45) is 0 Å². The minimum absolute atomic E-state index is 0.426. The van der Waals surface area contributed by atoms with E-state index in [2.05, 4.69) is 9.28 Å². The van der Waals surface area contributed by atoms with Crippen molar-refractivity contribution in [2.75, 3.05) is 6.61 Å². The molecule has 0 saturated carbocycles. The molecule has 2 rings (SSSR count). The Bertz CT molecular complexity index is 638. The number of benzene rings is 1. The molecule has 18 heavy (non-hydrogen) atoms. The van der Waals surface area contributed by atoms with Gasteiger partial charge in [-0.1, -0.05) is 29.8 Å². The second kappa shape index (κ2) is 5.23. The van der Waals surface area contributed by atoms with E-state index < -0.39 is 28.2 Å². The monoisotopic (exact) mass is 290 g/mol. The van der Waals surface area contributed by atoms with E-state index in [0.29, 0.717) is 5.52 Å². The molecule has 0 aliphatic carbocycles. The second-order valence-corrected chi connectivity index (χ2v) is 5.72. The summed E-state index contributed by atoms with van der Waals surface area (Å²) < 4.78 is 29.0. The van der Waals surface area contributed by atoms with Gasteiger partial charge in [0.25, 0.3) is 10.1 Å². The topological polar surface area (TPSA) is 81.4 Å². The van der Waals surface area contributed by atoms with Gasteiger partial charge in [0, 0.05) is 5.39 Å². The highest BCUT2D eigenvalue weighted by Crippen LogP contribution is 2.14. The molecular weight excluding hydrogens is 280 g/mol. The largest absolute Gasteiger partial charge is 0.375 e. The van der Waals surface area contributed by atoms with Crippen LogP contribution in [-0.4, -0.2) is 35.5 Å². The molecule has 0 saturated heterocycles. The second-order valence-electron chi connectivity index (χ2n) is 3.61. The number of fused-ring (bicyclic) bond motifs is 1. The van der Waals surface area contributed by atoms with Crippen molar-refractivity contribution in [1.29, 1.82) is 0 Å². The number of halogens is 1. The third kappa shape index (κ3) is 3.20. The van der Waals surface area contributed by atoms with E-state index in [1.807, 2.05) is 12.1 Å². The van der Waals surface area contributed by atoms with Gasteiger partial charge in [-0.15, -0.1) is 0 Å². The predicted molar refractivity (Wildman–Crippen MR) is 66.5 cm³/mol. The minimum atomic E-state index is -3.84. The molecule has 98 valence electrons. The lowest BCUT2D eigenvalue weighted by atomic mass is 10.3. The number of aromatic nitrogens is 2. The van der Waals surface area contributed by atoms with Crippen LogP contribution in [0.1, 0.15) is 0 Å². The van der Waals surface area contributed by atoms with Gasteiger partial charge in [-0.3, -0.25) is 4.18 Å². The maximum absolute atomic E-state index is 11.6. The Hall–Kier alpha value is -1.15. The number of rotatable bonds is 5. The first-order chi connectivity index (χ1) is 8.48. The zero-order chi connectivity index (χ0) is 13.2. The summed E-state index contributed by atoms with van der Waals surface area (Å²) >= 11 is 5.20. The van der Waals surface area contributed by atoms with Gasteiger partial charge >= 0.3 is 0 Å². The third-order valence-corrected chi connectivity index (χ3v) is 3.40. The van der Waals surface area contributed by atoms with E-state index in [1.54, 1.807) is 18.3 Å². The molecule has 0 amide bonds. The molecule has 0 bridgehead atoms. The molecule has 1 atom stereocenters. The number of alkyl halides is 1. The zero-order valence-electron chi connectivity index (χ0n) is 9.23. The van der Waals surface area contributed by atoms with E-state index in [-0.39, 0.29) is 0 Å². The molecule has 1 aromatic heterocycles. The van der Waals surface area contributed by atoms with Crippen molar-refractivity contribution in [3.05, 3.63) is 30.5 Å². The van der Waals surface area contributed by atoms with Crippen LogP contribution in [0.3, 0.4) is 0 Å². The minimum Gasteiger partial charge on any atom is -0.375 e. The Morgan fingerprint density at radius 2 is 2.17 bits per heavy atom. The van der Waals surface area contributed by atoms with Crippen molar-refractivity contribution in [3.63, 3.8) is 0 Å². The van der Waals surface area contributed by atoms with E-state index in [0.717, 1.165) is 5.39 Å². The Labute approximate surface area is 109 Å². The molecule has 0 spiro atoms. The van der Waals surface area contributed by atoms with Crippen molar-refractivity contribution in [2.45, 2.75) is 11.4 Å². The highest BCUT2D eigenvalue weighted by Gasteiger charge is 2.16. The van der Waals surface area contributed by atoms with Gasteiger partial charge in [-0.05, 0) is 6.07 Å². The predicted octanol–water partition coefficient (Wildman–Crippen LogP) is 0.897. The van der Waals surface area contributed by atoms with E-state index in [1.165, 1.54) is 4.68 Å². The molecule has 1 heterocycles. The van der Waals surface area contributed by atoms with Crippen LogP contribution in [0, 0.1) is 0 Å². The number of hydrogen-bond donors (Lipinski definition) is 1. The normalized spacial score (nSPS) is 13.9. The summed E-state index contributed by atoms with van der Waals surface area (Å²) in [6, 6.07) is 7.21. The van der Waals surface area contributed by atoms with Crippen LogP contribution in [-0.2, 0) is 20.2 Å². The average molecular weight is 291 g/mol. The lowest BCUT2D eigenvalue weighted by molar-refractivity contribution is 0.172. The lowest BCUT2D eigenvalue weighted by Gasteiger charge is -2.07. The first-order valence-electron chi connectivity index (χ1n) is 5.08. The van der Waals surface area contributed by atoms with Crippen molar-refractivity contribution in [3.8, 4) is 0 Å². The van der Waals surface area contributed by atoms with Crippen LogP contribution in [0.15, 0.2) is 30.5 Å². The molecule has 0 aliphatic rings. The van der Waals surface area contributed by atoms with Crippen molar-refractivity contribution in [1.82, 2.24) is 9.78 Å². The summed E-state index contributed by atoms with van der Waals surface area (Å²) in [5.74, 6) is -0.426. The van der Waals surface area contributed by atoms with E-state index >= 15 is 0 Å². The molecule has 6 nitrogen and oxygen atoms in total. The smallest absolute Gasteiger partial charge is 0.288 e. The maximum atomic E-state index is 11.6. The molecule has 2 aromatic rings. The average Bonchev–Trinajstić information content (AvgIpc) is 2.70. The number of aliphatic hydroxyl groups excluding tert-OH is 1. The van der Waals surface area contributed by atoms with Gasteiger partial charge in [-0.2, -0.15) is 13.5 Å². The molecular formula is C10H11ClN2O4S. The SMILES string of the molecule is O=S(=O)(Cn1ncc2ccccc21)OCC(O)Cl. The first kappa shape index (κ1) is 13.3. The molecule has 0 radical (unpaired) electrons. The zero-order valence-corrected chi connectivity index (χ0v) is 10.8. The van der Waals surface area contributed by atoms with Gasteiger partial charge in [0.05, 0.1) is 11.7 Å². The third-order valence-electron chi connectivity index (χ3n) is 2.22. The fraction of sp³-hybridized carbons (Fsp3) is 0.300. The summed E-state index contributed by atoms with van der Waals surface area (Å²) in [6.07, 6.45) is 1.57. The first-order valence-corrected chi connectivity index (χ1v) is 7.09. The number of nitrogens with zero attached hydrogens (tertiary/aromatic N) is 2. The Kier molecular flexibility index (Phi) is 3.86. The van der Waals surface area contributed by atoms with E-state index in [9.17, 15) is 8.42 Å². The number of hydrogen-bond acceptors (Lipinski definition) is 5. The molecule has 1 N–H and O–H groups in total. The standard InChI is InChI=1S/C10H11ClN2O4S/c11-10(14)6-17-18(15,16)7-13-9-4-2-1-3-8(9)5-12-13/h1-5,10,14H,6-7H2. The summed E-state index contributed by atoms with van der Waals surface area (Å²) in [6.45, 7) is -0.483. The molecule has 1 aromatic carbocycles. The highest BCUT2D eigenvalue weighted by molar-refractivity contribution is 7.85. The van der Waals surface area contributed by atoms with Gasteiger partial charge in [0.2, 0.25) is 0 Å². The van der Waals surface area contributed by atoms with Crippen LogP contribution >= 0.6 is 11.6 Å². The van der Waals surface area contributed by atoms with Crippen LogP contribution in [0.4, 0.5) is 0 Å². The van der Waals surface area contributed by atoms with Crippen molar-refractivity contribution >= 4 is 32.6 Å². The molecule has 8 heteroatoms. The Morgan fingerprint density at radius 1 is 1.44 bits per heavy atom. The van der Waals surface area contributed by atoms with Crippen LogP contribution < -0.4 is 0 Å². The fourth-order valence-corrected chi connectivity index (χ4v) is 2.53. The van der Waals surface area contributed by atoms with E-state index in [4.69, 9.17) is 16.7 Å². The lowest BCUT2D eigenvalue weighted by Crippen LogP contribution is -2.19. The summed E-state index contributed by atoms with van der Waals surface area (Å²) in [5.41, 5.74) is -0.662. The summed E-state index contributed by atoms with van der Waals surface area (Å²) in [4.78, 5) is 0. The number of para-hydroxylation sites is 1. The van der Waals surface area contributed by atoms with Gasteiger partial charge in [-0.25, -0.2) is 4.68 Å². The van der Waals surface area contributed by atoms with Crippen LogP contribution in [0.2, 0.25) is 0 Å². The quantitative estimate of drug-likeness (QED) is 0.653. The highest BCUT2D eigenvalue weighted by atomic mass is 35.5. The fourth-order valence-electron chi connectivity index (χ4n) is 1.48. The van der Waals surface area contributed by atoms with Gasteiger partial charge < -0.3 is 5.11 Å². The Balaban J connectivity index is 2.18. The molecule has 1 unspecified atom stereocenters. The number of aliphatic hydroxyl groups is 1. The van der Waals surface area contributed by atoms with Gasteiger partial charge in [0.15, 0.2) is 11.4 Å². The van der Waals surface area contributed by atoms with Crippen LogP contribution in [0.5, 0.6) is 0 Å². The Morgan fingerprint density at radius 3 is 2.89 bits per heavy atom. The molecule has 0 fully saturated rings. The maximum Gasteiger partial charge on any atom is 0.288 e. The molecule has 0 aliphatic heterocycles. The summed E-state index contributed by atoms with van der Waals surface area (Å²) in [7, 11) is -3.84. The van der Waals surface area contributed by atoms with Crippen LogP contribution in [0.25, 0.3) is 10.9 Å². The van der Waals surface area contributed by atoms with Crippen molar-refractivity contribution < 1.29 is 17.7 Å². The summed E-state index contributed by atoms with van der Waals surface area (Å²) in [5, 5.41) is 13.6.